The molecule has 0 unspecified atom stereocenters. The first-order chi connectivity index (χ1) is 9.90. The monoisotopic (exact) mass is 296 g/mol. The fourth-order valence-electron chi connectivity index (χ4n) is 2.58. The van der Waals surface area contributed by atoms with Crippen LogP contribution in [0, 0.1) is 17.2 Å². The molecule has 0 aromatic heterocycles. The largest absolute Gasteiger partial charge is 0.391 e. The van der Waals surface area contributed by atoms with Crippen molar-refractivity contribution in [3.63, 3.8) is 0 Å². The Hall–Kier alpha value is -2.03. The minimum absolute atomic E-state index is 0.0640. The molecule has 0 heterocycles. The molecule has 1 aliphatic rings. The van der Waals surface area contributed by atoms with Crippen LogP contribution in [-0.2, 0) is 0 Å². The average molecular weight is 296 g/mol. The van der Waals surface area contributed by atoms with Gasteiger partial charge in [-0.25, -0.2) is 0 Å². The van der Waals surface area contributed by atoms with E-state index in [0.717, 1.165) is 0 Å². The third-order valence-electron chi connectivity index (χ3n) is 3.75. The van der Waals surface area contributed by atoms with Crippen LogP contribution in [0.5, 0.6) is 0 Å². The molecular formula is C15H15F3N2O. The van der Waals surface area contributed by atoms with Gasteiger partial charge >= 0.3 is 6.18 Å². The summed E-state index contributed by atoms with van der Waals surface area (Å²) in [5.41, 5.74) is 0.782. The number of halogens is 3. The topological polar surface area (TPSA) is 52.9 Å². The molecule has 1 saturated carbocycles. The van der Waals surface area contributed by atoms with Crippen LogP contribution in [0.4, 0.5) is 13.2 Å². The first-order valence-corrected chi connectivity index (χ1v) is 6.78. The SMILES string of the molecule is N#Cc1ccc(C(=O)N[C@@H]2CCC[C@@H](C(F)(F)F)C2)cc1. The molecule has 1 fully saturated rings. The molecule has 1 aliphatic carbocycles. The number of hydrogen-bond acceptors (Lipinski definition) is 2. The number of nitrogens with one attached hydrogen (secondary N) is 1. The molecule has 1 aromatic carbocycles. The van der Waals surface area contributed by atoms with Crippen LogP contribution >= 0.6 is 0 Å². The van der Waals surface area contributed by atoms with E-state index in [1.54, 1.807) is 0 Å². The van der Waals surface area contributed by atoms with E-state index in [0.29, 0.717) is 24.0 Å². The molecule has 1 amide bonds. The van der Waals surface area contributed by atoms with E-state index in [4.69, 9.17) is 5.26 Å². The highest BCUT2D eigenvalue weighted by Gasteiger charge is 2.42. The van der Waals surface area contributed by atoms with Gasteiger partial charge in [0.15, 0.2) is 0 Å². The van der Waals surface area contributed by atoms with Crippen LogP contribution in [0.25, 0.3) is 0 Å². The van der Waals surface area contributed by atoms with Crippen molar-refractivity contribution in [1.29, 1.82) is 5.26 Å². The van der Waals surface area contributed by atoms with Gasteiger partial charge in [-0.1, -0.05) is 6.42 Å². The molecule has 1 N–H and O–H groups in total. The lowest BCUT2D eigenvalue weighted by atomic mass is 9.85. The second-order valence-corrected chi connectivity index (χ2v) is 5.26. The Morgan fingerprint density at radius 2 is 1.90 bits per heavy atom. The lowest BCUT2D eigenvalue weighted by Crippen LogP contribution is -2.41. The van der Waals surface area contributed by atoms with Crippen molar-refractivity contribution < 1.29 is 18.0 Å². The highest BCUT2D eigenvalue weighted by atomic mass is 19.4. The molecule has 6 heteroatoms. The normalized spacial score (nSPS) is 22.4. The molecule has 0 bridgehead atoms. The van der Waals surface area contributed by atoms with Crippen LogP contribution in [0.3, 0.4) is 0 Å². The molecule has 2 rings (SSSR count). The summed E-state index contributed by atoms with van der Waals surface area (Å²) in [7, 11) is 0. The molecule has 112 valence electrons. The number of nitriles is 1. The van der Waals surface area contributed by atoms with Crippen molar-refractivity contribution >= 4 is 5.91 Å². The van der Waals surface area contributed by atoms with Crippen LogP contribution in [-0.4, -0.2) is 18.1 Å². The second-order valence-electron chi connectivity index (χ2n) is 5.26. The van der Waals surface area contributed by atoms with Gasteiger partial charge in [0.05, 0.1) is 17.6 Å². The molecule has 3 nitrogen and oxygen atoms in total. The first kappa shape index (κ1) is 15.4. The van der Waals surface area contributed by atoms with Gasteiger partial charge in [-0.05, 0) is 43.5 Å². The maximum Gasteiger partial charge on any atom is 0.391 e. The highest BCUT2D eigenvalue weighted by Crippen LogP contribution is 2.37. The molecule has 0 saturated heterocycles. The van der Waals surface area contributed by atoms with Crippen molar-refractivity contribution in [1.82, 2.24) is 5.32 Å². The van der Waals surface area contributed by atoms with Crippen LogP contribution in [0.15, 0.2) is 24.3 Å². The summed E-state index contributed by atoms with van der Waals surface area (Å²) in [6, 6.07) is 7.50. The van der Waals surface area contributed by atoms with Gasteiger partial charge in [-0.2, -0.15) is 18.4 Å². The maximum absolute atomic E-state index is 12.7. The van der Waals surface area contributed by atoms with Gasteiger partial charge < -0.3 is 5.32 Å². The summed E-state index contributed by atoms with van der Waals surface area (Å²) in [6.07, 6.45) is -3.10. The summed E-state index contributed by atoms with van der Waals surface area (Å²) in [5.74, 6) is -1.73. The van der Waals surface area contributed by atoms with Gasteiger partial charge in [-0.3, -0.25) is 4.79 Å². The summed E-state index contributed by atoms with van der Waals surface area (Å²) in [5, 5.41) is 11.3. The van der Waals surface area contributed by atoms with Gasteiger partial charge in [0, 0.05) is 11.6 Å². The van der Waals surface area contributed by atoms with E-state index in [9.17, 15) is 18.0 Å². The Balaban J connectivity index is 1.97. The predicted octanol–water partition coefficient (Wildman–Crippen LogP) is 3.41. The smallest absolute Gasteiger partial charge is 0.349 e. The van der Waals surface area contributed by atoms with Gasteiger partial charge in [0.1, 0.15) is 0 Å². The molecule has 0 spiro atoms. The zero-order valence-corrected chi connectivity index (χ0v) is 11.3. The summed E-state index contributed by atoms with van der Waals surface area (Å²) in [6.45, 7) is 0. The zero-order valence-electron chi connectivity index (χ0n) is 11.3. The van der Waals surface area contributed by atoms with E-state index in [-0.39, 0.29) is 12.8 Å². The van der Waals surface area contributed by atoms with Gasteiger partial charge in [-0.15, -0.1) is 0 Å². The predicted molar refractivity (Wildman–Crippen MR) is 70.4 cm³/mol. The number of nitrogens with zero attached hydrogens (tertiary/aromatic N) is 1. The number of benzene rings is 1. The highest BCUT2D eigenvalue weighted by molar-refractivity contribution is 5.94. The third kappa shape index (κ3) is 3.97. The molecule has 2 atom stereocenters. The maximum atomic E-state index is 12.7. The lowest BCUT2D eigenvalue weighted by molar-refractivity contribution is -0.183. The Morgan fingerprint density at radius 1 is 1.24 bits per heavy atom. The van der Waals surface area contributed by atoms with Crippen molar-refractivity contribution in [3.05, 3.63) is 35.4 Å². The van der Waals surface area contributed by atoms with E-state index >= 15 is 0 Å². The third-order valence-corrected chi connectivity index (χ3v) is 3.75. The molecule has 21 heavy (non-hydrogen) atoms. The van der Waals surface area contributed by atoms with Crippen molar-refractivity contribution in [2.75, 3.05) is 0 Å². The number of alkyl halides is 3. The Morgan fingerprint density at radius 3 is 2.48 bits per heavy atom. The van der Waals surface area contributed by atoms with E-state index in [1.165, 1.54) is 24.3 Å². The molecule has 0 aliphatic heterocycles. The fourth-order valence-corrected chi connectivity index (χ4v) is 2.58. The van der Waals surface area contributed by atoms with Crippen LogP contribution < -0.4 is 5.32 Å². The van der Waals surface area contributed by atoms with Gasteiger partial charge in [0.2, 0.25) is 0 Å². The summed E-state index contributed by atoms with van der Waals surface area (Å²) in [4.78, 5) is 12.0. The Kier molecular flexibility index (Phi) is 4.51. The first-order valence-electron chi connectivity index (χ1n) is 6.78. The van der Waals surface area contributed by atoms with E-state index in [2.05, 4.69) is 5.32 Å². The quantitative estimate of drug-likeness (QED) is 0.909. The van der Waals surface area contributed by atoms with E-state index in [1.807, 2.05) is 6.07 Å². The minimum atomic E-state index is -4.20. The van der Waals surface area contributed by atoms with E-state index < -0.39 is 24.0 Å². The fraction of sp³-hybridized carbons (Fsp3) is 0.467. The summed E-state index contributed by atoms with van der Waals surface area (Å²) < 4.78 is 38.1. The lowest BCUT2D eigenvalue weighted by Gasteiger charge is -2.31. The number of carbonyl (C=O) groups excluding carboxylic acids is 1. The number of rotatable bonds is 2. The van der Waals surface area contributed by atoms with Gasteiger partial charge in [0.25, 0.3) is 5.91 Å². The number of amides is 1. The molecule has 1 aromatic rings. The van der Waals surface area contributed by atoms with Crippen LogP contribution in [0.1, 0.15) is 41.6 Å². The number of carbonyl (C=O) groups is 1. The summed E-state index contributed by atoms with van der Waals surface area (Å²) >= 11 is 0. The standard InChI is InChI=1S/C15H15F3N2O/c16-15(17,18)12-2-1-3-13(8-12)20-14(21)11-6-4-10(9-19)5-7-11/h4-7,12-13H,1-3,8H2,(H,20,21)/t12-,13-/m1/s1. The zero-order chi connectivity index (χ0) is 15.5. The average Bonchev–Trinajstić information content (AvgIpc) is 2.47. The molecular weight excluding hydrogens is 281 g/mol. The van der Waals surface area contributed by atoms with Crippen molar-refractivity contribution in [2.24, 2.45) is 5.92 Å². The minimum Gasteiger partial charge on any atom is -0.349 e. The van der Waals surface area contributed by atoms with Crippen LogP contribution in [0.2, 0.25) is 0 Å². The second kappa shape index (κ2) is 6.17. The van der Waals surface area contributed by atoms with Crippen molar-refractivity contribution in [3.8, 4) is 6.07 Å². The number of hydrogen-bond donors (Lipinski definition) is 1. The van der Waals surface area contributed by atoms with Crippen molar-refractivity contribution in [2.45, 2.75) is 37.9 Å². The Bertz CT molecular complexity index is 546. The molecule has 0 radical (unpaired) electrons. The Labute approximate surface area is 120 Å².